The molecule has 3 unspecified atom stereocenters. The normalized spacial score (nSPS) is 14.5. The molecule has 0 saturated carbocycles. The van der Waals surface area contributed by atoms with Crippen LogP contribution in [0.25, 0.3) is 0 Å². The molecule has 0 radical (unpaired) electrons. The number of nitrogens with zero attached hydrogens (tertiary/aromatic N) is 1. The van der Waals surface area contributed by atoms with E-state index >= 15 is 0 Å². The number of hydrogen-bond acceptors (Lipinski definition) is 6. The predicted octanol–water partition coefficient (Wildman–Crippen LogP) is 11.3. The van der Waals surface area contributed by atoms with E-state index < -0.39 is 20.0 Å². The molecular formula is C43H87N2O6P. The number of carbonyl (C=O) groups excluding carboxylic acids is 1. The molecule has 0 bridgehead atoms. The zero-order chi connectivity index (χ0) is 38.6. The molecule has 0 spiro atoms. The van der Waals surface area contributed by atoms with Crippen molar-refractivity contribution in [3.63, 3.8) is 0 Å². The Labute approximate surface area is 322 Å². The van der Waals surface area contributed by atoms with Gasteiger partial charge in [-0.05, 0) is 38.5 Å². The van der Waals surface area contributed by atoms with E-state index in [1.165, 1.54) is 141 Å². The Morgan fingerprint density at radius 3 is 1.50 bits per heavy atom. The molecule has 0 aliphatic rings. The lowest BCUT2D eigenvalue weighted by Gasteiger charge is -2.30. The molecule has 52 heavy (non-hydrogen) atoms. The van der Waals surface area contributed by atoms with Gasteiger partial charge in [0.05, 0.1) is 39.9 Å². The summed E-state index contributed by atoms with van der Waals surface area (Å²) < 4.78 is 23.2. The number of likely N-dealkylation sites (N-methyl/N-ethyl adjacent to an activating group) is 1. The Kier molecular flexibility index (Phi) is 35.4. The highest BCUT2D eigenvalue weighted by molar-refractivity contribution is 7.45. The van der Waals surface area contributed by atoms with Gasteiger partial charge in [0.2, 0.25) is 5.91 Å². The Balaban J connectivity index is 4.22. The summed E-state index contributed by atoms with van der Waals surface area (Å²) in [7, 11) is 1.30. The van der Waals surface area contributed by atoms with Crippen molar-refractivity contribution in [2.75, 3.05) is 40.9 Å². The van der Waals surface area contributed by atoms with E-state index in [1.54, 1.807) is 0 Å². The van der Waals surface area contributed by atoms with Crippen LogP contribution < -0.4 is 10.2 Å². The molecule has 0 aliphatic heterocycles. The lowest BCUT2D eigenvalue weighted by atomic mass is 10.0. The minimum atomic E-state index is -4.55. The predicted molar refractivity (Wildman–Crippen MR) is 219 cm³/mol. The van der Waals surface area contributed by atoms with Crippen molar-refractivity contribution < 1.29 is 32.9 Å². The largest absolute Gasteiger partial charge is 0.756 e. The molecule has 0 aromatic carbocycles. The van der Waals surface area contributed by atoms with Crippen molar-refractivity contribution in [3.8, 4) is 0 Å². The fourth-order valence-electron chi connectivity index (χ4n) is 6.45. The number of allylic oxidation sites excluding steroid dienone is 2. The number of quaternary nitrogens is 1. The molecule has 1 amide bonds. The van der Waals surface area contributed by atoms with Gasteiger partial charge in [0, 0.05) is 6.42 Å². The van der Waals surface area contributed by atoms with E-state index in [1.807, 2.05) is 21.1 Å². The van der Waals surface area contributed by atoms with Gasteiger partial charge in [0.15, 0.2) is 0 Å². The number of phosphoric ester groups is 1. The maximum absolute atomic E-state index is 12.8. The number of nitrogens with one attached hydrogen (secondary N) is 1. The van der Waals surface area contributed by atoms with Gasteiger partial charge in [0.1, 0.15) is 13.2 Å². The van der Waals surface area contributed by atoms with Crippen LogP contribution in [0.2, 0.25) is 0 Å². The number of aliphatic hydroxyl groups is 1. The lowest BCUT2D eigenvalue weighted by molar-refractivity contribution is -0.870. The summed E-state index contributed by atoms with van der Waals surface area (Å²) in [5, 5.41) is 13.8. The summed E-state index contributed by atoms with van der Waals surface area (Å²) in [6, 6.07) is -0.797. The molecule has 0 rings (SSSR count). The van der Waals surface area contributed by atoms with Crippen LogP contribution in [-0.4, -0.2) is 68.5 Å². The zero-order valence-corrected chi connectivity index (χ0v) is 35.9. The number of unbranched alkanes of at least 4 members (excludes halogenated alkanes) is 25. The molecule has 8 nitrogen and oxygen atoms in total. The molecule has 0 fully saturated rings. The molecule has 0 saturated heterocycles. The average Bonchev–Trinajstić information content (AvgIpc) is 3.09. The molecule has 3 atom stereocenters. The second kappa shape index (κ2) is 35.9. The first kappa shape index (κ1) is 51.2. The summed E-state index contributed by atoms with van der Waals surface area (Å²) in [6.45, 7) is 4.69. The topological polar surface area (TPSA) is 108 Å². The molecule has 9 heteroatoms. The summed E-state index contributed by atoms with van der Waals surface area (Å²) in [4.78, 5) is 25.2. The SMILES string of the molecule is CCCCCCCCCCCC/C=C\CCCCCCCCCC(=O)NC(COP(=O)([O-])OCC[N+](C)(C)C)C(O)CCCCCCCCCCC. The van der Waals surface area contributed by atoms with Crippen molar-refractivity contribution in [1.29, 1.82) is 0 Å². The van der Waals surface area contributed by atoms with Crippen LogP contribution in [0, 0.1) is 0 Å². The van der Waals surface area contributed by atoms with E-state index in [0.29, 0.717) is 23.9 Å². The first-order valence-electron chi connectivity index (χ1n) is 22.0. The van der Waals surface area contributed by atoms with Crippen LogP contribution >= 0.6 is 7.82 Å². The molecular weight excluding hydrogens is 671 g/mol. The standard InChI is InChI=1S/C43H87N2O6P/c1-6-8-10-12-14-16-17-18-19-20-21-22-23-24-25-26-27-29-31-33-35-37-43(47)44-41(40-51-52(48,49)50-39-38-45(3,4)5)42(46)36-34-32-30-28-15-13-11-9-7-2/h22-23,41-42,46H,6-21,24-40H2,1-5H3,(H-,44,47,48,49)/b23-22-. The molecule has 0 aliphatic carbocycles. The van der Waals surface area contributed by atoms with Crippen LogP contribution in [-0.2, 0) is 18.4 Å². The second-order valence-corrected chi connectivity index (χ2v) is 17.8. The smallest absolute Gasteiger partial charge is 0.268 e. The van der Waals surface area contributed by atoms with E-state index in [9.17, 15) is 19.4 Å². The Bertz CT molecular complexity index is 865. The van der Waals surface area contributed by atoms with Gasteiger partial charge in [-0.2, -0.15) is 0 Å². The lowest BCUT2D eigenvalue weighted by Crippen LogP contribution is -2.46. The first-order chi connectivity index (χ1) is 25.0. The Hall–Kier alpha value is -0.760. The summed E-state index contributed by atoms with van der Waals surface area (Å²) in [6.07, 6.45) is 39.4. The van der Waals surface area contributed by atoms with E-state index in [2.05, 4.69) is 31.3 Å². The van der Waals surface area contributed by atoms with Crippen LogP contribution in [0.3, 0.4) is 0 Å². The highest BCUT2D eigenvalue weighted by Gasteiger charge is 2.24. The van der Waals surface area contributed by atoms with Crippen molar-refractivity contribution in [2.45, 2.75) is 219 Å². The van der Waals surface area contributed by atoms with Crippen molar-refractivity contribution >= 4 is 13.7 Å². The number of rotatable bonds is 40. The van der Waals surface area contributed by atoms with Crippen LogP contribution in [0.5, 0.6) is 0 Å². The van der Waals surface area contributed by atoms with E-state index in [4.69, 9.17) is 9.05 Å². The number of hydrogen-bond donors (Lipinski definition) is 2. The summed E-state index contributed by atoms with van der Waals surface area (Å²) in [5.41, 5.74) is 0. The van der Waals surface area contributed by atoms with Crippen molar-refractivity contribution in [2.24, 2.45) is 0 Å². The van der Waals surface area contributed by atoms with Crippen molar-refractivity contribution in [3.05, 3.63) is 12.2 Å². The average molecular weight is 759 g/mol. The third-order valence-corrected chi connectivity index (χ3v) is 11.0. The van der Waals surface area contributed by atoms with E-state index in [-0.39, 0.29) is 19.1 Å². The maximum Gasteiger partial charge on any atom is 0.268 e. The minimum Gasteiger partial charge on any atom is -0.756 e. The fourth-order valence-corrected chi connectivity index (χ4v) is 7.17. The van der Waals surface area contributed by atoms with Gasteiger partial charge < -0.3 is 28.8 Å². The number of amides is 1. The molecule has 0 aromatic rings. The van der Waals surface area contributed by atoms with Gasteiger partial charge >= 0.3 is 0 Å². The Morgan fingerprint density at radius 2 is 1.06 bits per heavy atom. The Morgan fingerprint density at radius 1 is 0.654 bits per heavy atom. The third kappa shape index (κ3) is 37.6. The highest BCUT2D eigenvalue weighted by Crippen LogP contribution is 2.38. The number of phosphoric acid groups is 1. The van der Waals surface area contributed by atoms with Crippen LogP contribution in [0.4, 0.5) is 0 Å². The maximum atomic E-state index is 12.8. The van der Waals surface area contributed by atoms with Gasteiger partial charge in [-0.25, -0.2) is 0 Å². The van der Waals surface area contributed by atoms with Gasteiger partial charge in [-0.1, -0.05) is 174 Å². The quantitative estimate of drug-likeness (QED) is 0.0279. The van der Waals surface area contributed by atoms with Gasteiger partial charge in [-0.15, -0.1) is 0 Å². The first-order valence-corrected chi connectivity index (χ1v) is 23.5. The zero-order valence-electron chi connectivity index (χ0n) is 35.0. The highest BCUT2D eigenvalue weighted by atomic mass is 31.2. The molecule has 310 valence electrons. The number of carbonyl (C=O) groups is 1. The van der Waals surface area contributed by atoms with Crippen molar-refractivity contribution in [1.82, 2.24) is 5.32 Å². The molecule has 2 N–H and O–H groups in total. The molecule has 0 heterocycles. The van der Waals surface area contributed by atoms with Gasteiger partial charge in [-0.3, -0.25) is 9.36 Å². The minimum absolute atomic E-state index is 0.0127. The fraction of sp³-hybridized carbons (Fsp3) is 0.930. The number of aliphatic hydroxyl groups excluding tert-OH is 1. The molecule has 0 aromatic heterocycles. The summed E-state index contributed by atoms with van der Waals surface area (Å²) >= 11 is 0. The van der Waals surface area contributed by atoms with Crippen LogP contribution in [0.15, 0.2) is 12.2 Å². The summed E-state index contributed by atoms with van der Waals surface area (Å²) in [5.74, 6) is -0.170. The van der Waals surface area contributed by atoms with E-state index in [0.717, 1.165) is 38.5 Å². The van der Waals surface area contributed by atoms with Crippen LogP contribution in [0.1, 0.15) is 206 Å². The monoisotopic (exact) mass is 759 g/mol. The van der Waals surface area contributed by atoms with Gasteiger partial charge in [0.25, 0.3) is 7.82 Å². The third-order valence-electron chi connectivity index (χ3n) is 10.0. The second-order valence-electron chi connectivity index (χ2n) is 16.4.